The minimum atomic E-state index is -0.349. The molecule has 0 bridgehead atoms. The Balaban J connectivity index is 1.45. The van der Waals surface area contributed by atoms with E-state index in [2.05, 4.69) is 16.0 Å². The zero-order valence-corrected chi connectivity index (χ0v) is 17.0. The van der Waals surface area contributed by atoms with Crippen molar-refractivity contribution in [1.29, 1.82) is 0 Å². The molecule has 3 heterocycles. The molecule has 0 amide bonds. The van der Waals surface area contributed by atoms with Gasteiger partial charge in [0.15, 0.2) is 0 Å². The number of nitrogens with two attached hydrogens (primary N) is 1. The van der Waals surface area contributed by atoms with Gasteiger partial charge in [-0.05, 0) is 48.4 Å². The summed E-state index contributed by atoms with van der Waals surface area (Å²) in [4.78, 5) is 24.9. The van der Waals surface area contributed by atoms with Crippen molar-refractivity contribution >= 4 is 33.5 Å². The summed E-state index contributed by atoms with van der Waals surface area (Å²) in [5, 5.41) is 1.01. The average Bonchev–Trinajstić information content (AvgIpc) is 3.21. The van der Waals surface area contributed by atoms with Crippen LogP contribution >= 0.6 is 11.3 Å². The molecule has 0 saturated heterocycles. The minimum Gasteiger partial charge on any atom is -0.493 e. The van der Waals surface area contributed by atoms with Crippen LogP contribution in [-0.4, -0.2) is 34.6 Å². The van der Waals surface area contributed by atoms with Crippen molar-refractivity contribution in [2.75, 3.05) is 19.5 Å². The second-order valence-corrected chi connectivity index (χ2v) is 8.12. The fourth-order valence-electron chi connectivity index (χ4n) is 3.61. The summed E-state index contributed by atoms with van der Waals surface area (Å²) < 4.78 is 11.8. The SMILES string of the molecule is COC(=O)c1ccc2c(c1)CC(c1nc3ccc(-c4ccnc(N)n4)cc3s1)CO2. The molecular formula is C22H18N4O3S. The number of rotatable bonds is 3. The zero-order chi connectivity index (χ0) is 20.7. The number of nitrogens with zero attached hydrogens (tertiary/aromatic N) is 3. The van der Waals surface area contributed by atoms with Gasteiger partial charge in [-0.25, -0.2) is 19.7 Å². The van der Waals surface area contributed by atoms with E-state index in [1.165, 1.54) is 7.11 Å². The Morgan fingerprint density at radius 2 is 2.10 bits per heavy atom. The molecule has 1 aliphatic rings. The smallest absolute Gasteiger partial charge is 0.337 e. The summed E-state index contributed by atoms with van der Waals surface area (Å²) in [7, 11) is 1.38. The van der Waals surface area contributed by atoms with E-state index in [1.54, 1.807) is 23.6 Å². The molecule has 0 radical (unpaired) electrons. The zero-order valence-electron chi connectivity index (χ0n) is 16.2. The number of fused-ring (bicyclic) bond motifs is 2. The number of aromatic nitrogens is 3. The van der Waals surface area contributed by atoms with Gasteiger partial charge in [0.25, 0.3) is 0 Å². The molecule has 1 unspecified atom stereocenters. The van der Waals surface area contributed by atoms with Crippen LogP contribution in [0, 0.1) is 0 Å². The topological polar surface area (TPSA) is 100 Å². The lowest BCUT2D eigenvalue weighted by molar-refractivity contribution is 0.0600. The molecule has 0 fully saturated rings. The molecule has 2 aromatic heterocycles. The van der Waals surface area contributed by atoms with Gasteiger partial charge in [0.2, 0.25) is 5.95 Å². The van der Waals surface area contributed by atoms with Gasteiger partial charge in [0.1, 0.15) is 10.8 Å². The third kappa shape index (κ3) is 3.35. The van der Waals surface area contributed by atoms with Gasteiger partial charge < -0.3 is 15.2 Å². The van der Waals surface area contributed by atoms with Crippen molar-refractivity contribution < 1.29 is 14.3 Å². The number of ether oxygens (including phenoxy) is 2. The van der Waals surface area contributed by atoms with E-state index in [0.717, 1.165) is 44.2 Å². The molecule has 150 valence electrons. The highest BCUT2D eigenvalue weighted by Gasteiger charge is 2.25. The first-order chi connectivity index (χ1) is 14.6. The van der Waals surface area contributed by atoms with Crippen LogP contribution in [-0.2, 0) is 11.2 Å². The highest BCUT2D eigenvalue weighted by molar-refractivity contribution is 7.18. The Kier molecular flexibility index (Phi) is 4.55. The summed E-state index contributed by atoms with van der Waals surface area (Å²) in [6, 6.07) is 13.3. The minimum absolute atomic E-state index is 0.126. The lowest BCUT2D eigenvalue weighted by Gasteiger charge is -2.24. The van der Waals surface area contributed by atoms with Crippen LogP contribution in [0.5, 0.6) is 5.75 Å². The monoisotopic (exact) mass is 418 g/mol. The number of hydrogen-bond donors (Lipinski definition) is 1. The van der Waals surface area contributed by atoms with E-state index >= 15 is 0 Å². The van der Waals surface area contributed by atoms with Crippen molar-refractivity contribution in [3.05, 3.63) is 64.8 Å². The summed E-state index contributed by atoms with van der Waals surface area (Å²) >= 11 is 1.65. The van der Waals surface area contributed by atoms with E-state index in [-0.39, 0.29) is 17.8 Å². The number of benzene rings is 2. The van der Waals surface area contributed by atoms with E-state index in [1.807, 2.05) is 30.3 Å². The highest BCUT2D eigenvalue weighted by atomic mass is 32.1. The van der Waals surface area contributed by atoms with E-state index in [0.29, 0.717) is 12.2 Å². The Morgan fingerprint density at radius 3 is 2.93 bits per heavy atom. The van der Waals surface area contributed by atoms with E-state index < -0.39 is 0 Å². The summed E-state index contributed by atoms with van der Waals surface area (Å²) in [6.07, 6.45) is 2.41. The molecule has 30 heavy (non-hydrogen) atoms. The summed E-state index contributed by atoms with van der Waals surface area (Å²) in [5.74, 6) is 0.837. The molecule has 2 aromatic carbocycles. The van der Waals surface area contributed by atoms with Crippen LogP contribution < -0.4 is 10.5 Å². The number of anilines is 1. The molecule has 1 atom stereocenters. The maximum absolute atomic E-state index is 11.8. The first-order valence-electron chi connectivity index (χ1n) is 9.44. The van der Waals surface area contributed by atoms with Gasteiger partial charge in [-0.15, -0.1) is 11.3 Å². The molecule has 7 nitrogen and oxygen atoms in total. The third-order valence-electron chi connectivity index (χ3n) is 5.11. The van der Waals surface area contributed by atoms with Gasteiger partial charge in [-0.1, -0.05) is 6.07 Å². The van der Waals surface area contributed by atoms with Gasteiger partial charge in [-0.2, -0.15) is 0 Å². The lowest BCUT2D eigenvalue weighted by Crippen LogP contribution is -2.19. The molecule has 8 heteroatoms. The number of thiazole rings is 1. The molecule has 0 saturated carbocycles. The van der Waals surface area contributed by atoms with Crippen LogP contribution in [0.2, 0.25) is 0 Å². The number of nitrogen functional groups attached to an aromatic ring is 1. The fraction of sp³-hybridized carbons (Fsp3) is 0.182. The summed E-state index contributed by atoms with van der Waals surface area (Å²) in [5.41, 5.74) is 9.92. The molecule has 4 aromatic rings. The van der Waals surface area contributed by atoms with Crippen molar-refractivity contribution in [3.8, 4) is 17.0 Å². The Labute approximate surface area is 176 Å². The van der Waals surface area contributed by atoms with Crippen LogP contribution in [0.3, 0.4) is 0 Å². The fourth-order valence-corrected chi connectivity index (χ4v) is 4.70. The molecule has 2 N–H and O–H groups in total. The van der Waals surface area contributed by atoms with Gasteiger partial charge >= 0.3 is 5.97 Å². The largest absolute Gasteiger partial charge is 0.493 e. The standard InChI is InChI=1S/C22H18N4O3S/c1-28-21(27)13-3-5-18-14(8-13)9-15(11-29-18)20-25-17-4-2-12(10-19(17)30-20)16-6-7-24-22(23)26-16/h2-8,10,15H,9,11H2,1H3,(H2,23,24,26). The van der Waals surface area contributed by atoms with Gasteiger partial charge in [-0.3, -0.25) is 0 Å². The number of carbonyl (C=O) groups excluding carboxylic acids is 1. The maximum atomic E-state index is 11.8. The molecule has 5 rings (SSSR count). The van der Waals surface area contributed by atoms with E-state index in [9.17, 15) is 4.79 Å². The van der Waals surface area contributed by atoms with Gasteiger partial charge in [0, 0.05) is 17.7 Å². The average molecular weight is 418 g/mol. The normalized spacial score (nSPS) is 15.4. The van der Waals surface area contributed by atoms with Crippen molar-refractivity contribution in [1.82, 2.24) is 15.0 Å². The number of hydrogen-bond acceptors (Lipinski definition) is 8. The molecule has 0 aliphatic carbocycles. The highest BCUT2D eigenvalue weighted by Crippen LogP contribution is 2.37. The van der Waals surface area contributed by atoms with Crippen LogP contribution in [0.15, 0.2) is 48.7 Å². The Hall–Kier alpha value is -3.52. The lowest BCUT2D eigenvalue weighted by atomic mass is 9.95. The second kappa shape index (κ2) is 7.38. The molecule has 0 spiro atoms. The second-order valence-electron chi connectivity index (χ2n) is 7.06. The molecule has 1 aliphatic heterocycles. The van der Waals surface area contributed by atoms with Crippen molar-refractivity contribution in [2.24, 2.45) is 0 Å². The number of carbonyl (C=O) groups is 1. The summed E-state index contributed by atoms with van der Waals surface area (Å²) in [6.45, 7) is 0.555. The predicted molar refractivity (Wildman–Crippen MR) is 115 cm³/mol. The Bertz CT molecular complexity index is 1270. The van der Waals surface area contributed by atoms with Crippen LogP contribution in [0.1, 0.15) is 26.8 Å². The quantitative estimate of drug-likeness (QED) is 0.505. The number of methoxy groups -OCH3 is 1. The first kappa shape index (κ1) is 18.5. The van der Waals surface area contributed by atoms with Crippen molar-refractivity contribution in [2.45, 2.75) is 12.3 Å². The van der Waals surface area contributed by atoms with Crippen LogP contribution in [0.25, 0.3) is 21.5 Å². The Morgan fingerprint density at radius 1 is 1.20 bits per heavy atom. The van der Waals surface area contributed by atoms with Crippen LogP contribution in [0.4, 0.5) is 5.95 Å². The predicted octanol–water partition coefficient (Wildman–Crippen LogP) is 3.84. The molecular weight excluding hydrogens is 400 g/mol. The van der Waals surface area contributed by atoms with Crippen molar-refractivity contribution in [3.63, 3.8) is 0 Å². The maximum Gasteiger partial charge on any atom is 0.337 e. The van der Waals surface area contributed by atoms with Gasteiger partial charge in [0.05, 0.1) is 35.2 Å². The van der Waals surface area contributed by atoms with E-state index in [4.69, 9.17) is 20.2 Å². The number of esters is 1. The third-order valence-corrected chi connectivity index (χ3v) is 6.29. The first-order valence-corrected chi connectivity index (χ1v) is 10.3.